The van der Waals surface area contributed by atoms with Crippen LogP contribution in [-0.4, -0.2) is 13.1 Å². The van der Waals surface area contributed by atoms with Gasteiger partial charge in [-0.2, -0.15) is 46.2 Å². The summed E-state index contributed by atoms with van der Waals surface area (Å²) < 4.78 is 0. The van der Waals surface area contributed by atoms with Crippen molar-refractivity contribution in [2.75, 3.05) is 13.1 Å². The Balaban J connectivity index is 0.00000338. The molecule has 0 bridgehead atoms. The van der Waals surface area contributed by atoms with E-state index in [4.69, 9.17) is 0 Å². The van der Waals surface area contributed by atoms with Gasteiger partial charge in [-0.05, 0) is 26.9 Å². The predicted octanol–water partition coefficient (Wildman–Crippen LogP) is 6.16. The molecule has 0 aromatic heterocycles. The minimum absolute atomic E-state index is 0. The Morgan fingerprint density at radius 2 is 0.926 bits per heavy atom. The molecule has 0 saturated carbocycles. The molecule has 0 aliphatic heterocycles. The van der Waals surface area contributed by atoms with Crippen LogP contribution in [0.2, 0.25) is 0 Å². The SMILES string of the molecule is Cc1cc(C)c([CH-]CCNCC[CH-]c2c(C)cc(C)cc2C)c(C)c1.[CH3-].[Hf+4]. The van der Waals surface area contributed by atoms with Crippen molar-refractivity contribution in [3.63, 3.8) is 0 Å². The number of hydrogen-bond donors (Lipinski definition) is 1. The van der Waals surface area contributed by atoms with E-state index < -0.39 is 0 Å². The summed E-state index contributed by atoms with van der Waals surface area (Å²) >= 11 is 0. The largest absolute Gasteiger partial charge is 4.00 e. The molecule has 0 heterocycles. The van der Waals surface area contributed by atoms with Crippen LogP contribution in [0, 0.1) is 61.8 Å². The number of nitrogens with one attached hydrogen (secondary N) is 1. The molecule has 2 heteroatoms. The maximum absolute atomic E-state index is 3.56. The van der Waals surface area contributed by atoms with E-state index >= 15 is 0 Å². The minimum atomic E-state index is 0. The van der Waals surface area contributed by atoms with Crippen LogP contribution >= 0.6 is 0 Å². The van der Waals surface area contributed by atoms with Crippen molar-refractivity contribution in [2.24, 2.45) is 0 Å². The minimum Gasteiger partial charge on any atom is -0.358 e. The molecule has 0 aliphatic rings. The van der Waals surface area contributed by atoms with E-state index in [0.717, 1.165) is 25.9 Å². The van der Waals surface area contributed by atoms with Crippen molar-refractivity contribution in [3.8, 4) is 0 Å². The summed E-state index contributed by atoms with van der Waals surface area (Å²) in [4.78, 5) is 0. The zero-order valence-corrected chi connectivity index (χ0v) is 21.9. The standard InChI is InChI=1S/C24H33N.CH3.Hf/c1-17-13-19(3)23(20(4)14-17)9-7-11-25-12-8-10-24-21(5)15-18(2)16-22(24)6;;/h9-10,13-16,25H,7-8,11-12H2,1-6H3;1H3;/q-2;-1;+4. The van der Waals surface area contributed by atoms with Gasteiger partial charge in [0, 0.05) is 0 Å². The summed E-state index contributed by atoms with van der Waals surface area (Å²) in [5.74, 6) is 0. The third-order valence-electron chi connectivity index (χ3n) is 4.82. The average Bonchev–Trinajstić information content (AvgIpc) is 2.50. The van der Waals surface area contributed by atoms with Gasteiger partial charge in [-0.3, -0.25) is 0 Å². The van der Waals surface area contributed by atoms with Crippen molar-refractivity contribution in [1.82, 2.24) is 5.32 Å². The van der Waals surface area contributed by atoms with Gasteiger partial charge in [0.15, 0.2) is 0 Å². The third kappa shape index (κ3) is 7.87. The number of rotatable bonds is 8. The Morgan fingerprint density at radius 3 is 1.22 bits per heavy atom. The predicted molar refractivity (Wildman–Crippen MR) is 117 cm³/mol. The molecule has 0 unspecified atom stereocenters. The third-order valence-corrected chi connectivity index (χ3v) is 4.82. The molecule has 2 rings (SSSR count). The summed E-state index contributed by atoms with van der Waals surface area (Å²) in [5.41, 5.74) is 11.1. The fourth-order valence-electron chi connectivity index (χ4n) is 3.79. The van der Waals surface area contributed by atoms with Crippen LogP contribution in [0.25, 0.3) is 0 Å². The summed E-state index contributed by atoms with van der Waals surface area (Å²) in [6, 6.07) is 9.09. The van der Waals surface area contributed by atoms with E-state index in [9.17, 15) is 0 Å². The smallest absolute Gasteiger partial charge is 0.358 e. The quantitative estimate of drug-likeness (QED) is 0.246. The van der Waals surface area contributed by atoms with E-state index in [0.29, 0.717) is 0 Å². The van der Waals surface area contributed by atoms with Crippen LogP contribution in [-0.2, 0) is 25.8 Å². The fourth-order valence-corrected chi connectivity index (χ4v) is 3.79. The van der Waals surface area contributed by atoms with Crippen molar-refractivity contribution in [2.45, 2.75) is 54.4 Å². The zero-order valence-electron chi connectivity index (χ0n) is 18.3. The molecule has 0 spiro atoms. The van der Waals surface area contributed by atoms with Crippen LogP contribution in [0.15, 0.2) is 24.3 Å². The summed E-state index contributed by atoms with van der Waals surface area (Å²) in [5, 5.41) is 3.56. The van der Waals surface area contributed by atoms with Crippen molar-refractivity contribution >= 4 is 0 Å². The summed E-state index contributed by atoms with van der Waals surface area (Å²) in [6.45, 7) is 15.2. The Kier molecular flexibility index (Phi) is 12.0. The first kappa shape index (κ1) is 26.0. The van der Waals surface area contributed by atoms with E-state index in [1.807, 2.05) is 0 Å². The van der Waals surface area contributed by atoms with Gasteiger partial charge in [0.1, 0.15) is 0 Å². The molecule has 27 heavy (non-hydrogen) atoms. The average molecular weight is 529 g/mol. The molecule has 1 N–H and O–H groups in total. The van der Waals surface area contributed by atoms with Gasteiger partial charge in [-0.1, -0.05) is 51.7 Å². The maximum atomic E-state index is 3.56. The molecular weight excluding hydrogens is 493 g/mol. The Bertz CT molecular complexity index is 611. The fraction of sp³-hybridized carbons (Fsp3) is 0.400. The first-order chi connectivity index (χ1) is 11.9. The van der Waals surface area contributed by atoms with Crippen LogP contribution in [0.3, 0.4) is 0 Å². The Hall–Kier alpha value is -0.990. The topological polar surface area (TPSA) is 12.0 Å². The Labute approximate surface area is 187 Å². The number of benzene rings is 2. The molecule has 144 valence electrons. The molecule has 2 aromatic rings. The monoisotopic (exact) mass is 530 g/mol. The summed E-state index contributed by atoms with van der Waals surface area (Å²) in [6.07, 6.45) is 6.89. The molecule has 0 aliphatic carbocycles. The van der Waals surface area contributed by atoms with Crippen LogP contribution in [0.5, 0.6) is 0 Å². The van der Waals surface area contributed by atoms with Crippen LogP contribution in [0.4, 0.5) is 0 Å². The summed E-state index contributed by atoms with van der Waals surface area (Å²) in [7, 11) is 0. The zero-order chi connectivity index (χ0) is 18.4. The van der Waals surface area contributed by atoms with Gasteiger partial charge in [0.2, 0.25) is 0 Å². The van der Waals surface area contributed by atoms with E-state index in [2.05, 4.69) is 84.0 Å². The molecule has 0 saturated heterocycles. The van der Waals surface area contributed by atoms with Gasteiger partial charge in [-0.25, -0.2) is 0 Å². The Morgan fingerprint density at radius 1 is 0.630 bits per heavy atom. The van der Waals surface area contributed by atoms with Crippen molar-refractivity contribution in [1.29, 1.82) is 0 Å². The van der Waals surface area contributed by atoms with Crippen molar-refractivity contribution in [3.05, 3.63) is 89.0 Å². The maximum Gasteiger partial charge on any atom is 4.00 e. The van der Waals surface area contributed by atoms with E-state index in [1.54, 1.807) is 0 Å². The second kappa shape index (κ2) is 12.5. The van der Waals surface area contributed by atoms with Crippen LogP contribution < -0.4 is 5.32 Å². The van der Waals surface area contributed by atoms with Gasteiger partial charge >= 0.3 is 25.8 Å². The molecule has 0 amide bonds. The molecule has 0 atom stereocenters. The first-order valence-electron chi connectivity index (χ1n) is 9.41. The van der Waals surface area contributed by atoms with Gasteiger partial charge in [-0.15, -0.1) is 24.3 Å². The van der Waals surface area contributed by atoms with Gasteiger partial charge in [0.25, 0.3) is 0 Å². The second-order valence-corrected chi connectivity index (χ2v) is 7.36. The van der Waals surface area contributed by atoms with Crippen LogP contribution in [0.1, 0.15) is 57.3 Å². The molecule has 0 fully saturated rings. The normalized spacial score (nSPS) is 10.0. The first-order valence-corrected chi connectivity index (χ1v) is 9.41. The molecule has 1 nitrogen and oxygen atoms in total. The van der Waals surface area contributed by atoms with Crippen molar-refractivity contribution < 1.29 is 25.8 Å². The molecule has 0 radical (unpaired) electrons. The molecule has 2 aromatic carbocycles. The van der Waals surface area contributed by atoms with Gasteiger partial charge in [0.05, 0.1) is 0 Å². The second-order valence-electron chi connectivity index (χ2n) is 7.36. The van der Waals surface area contributed by atoms with Gasteiger partial charge < -0.3 is 12.7 Å². The number of hydrogen-bond acceptors (Lipinski definition) is 1. The number of aryl methyl sites for hydroxylation is 6. The van der Waals surface area contributed by atoms with E-state index in [-0.39, 0.29) is 33.3 Å². The molecular formula is C25H36HfN+. The van der Waals surface area contributed by atoms with E-state index in [1.165, 1.54) is 44.5 Å².